The van der Waals surface area contributed by atoms with Gasteiger partial charge in [0.15, 0.2) is 0 Å². The van der Waals surface area contributed by atoms with Crippen LogP contribution in [0.5, 0.6) is 11.5 Å². The van der Waals surface area contributed by atoms with Gasteiger partial charge in [0, 0.05) is 26.2 Å². The topological polar surface area (TPSA) is 74.9 Å². The first kappa shape index (κ1) is 18.3. The molecule has 1 aliphatic rings. The summed E-state index contributed by atoms with van der Waals surface area (Å²) in [6.07, 6.45) is 0. The van der Waals surface area contributed by atoms with E-state index in [1.54, 1.807) is 6.07 Å². The Balaban J connectivity index is 1.39. The second-order valence-corrected chi connectivity index (χ2v) is 6.69. The van der Waals surface area contributed by atoms with Crippen molar-refractivity contribution in [3.05, 3.63) is 54.4 Å². The molecule has 0 bridgehead atoms. The molecule has 1 aromatic heterocycles. The number of aromatic hydroxyl groups is 1. The fraction of sp³-hybridized carbons (Fsp3) is 0.333. The number of anilines is 1. The number of hydrogen-bond donors (Lipinski definition) is 1. The molecule has 2 aromatic carbocycles. The summed E-state index contributed by atoms with van der Waals surface area (Å²) in [7, 11) is 0. The van der Waals surface area contributed by atoms with E-state index >= 15 is 0 Å². The first-order valence-corrected chi connectivity index (χ1v) is 9.54. The number of aromatic nitrogens is 2. The highest BCUT2D eigenvalue weighted by atomic mass is 16.5. The van der Waals surface area contributed by atoms with Crippen molar-refractivity contribution >= 4 is 5.69 Å². The summed E-state index contributed by atoms with van der Waals surface area (Å²) < 4.78 is 11.1. The van der Waals surface area contributed by atoms with Gasteiger partial charge in [-0.1, -0.05) is 29.4 Å². The summed E-state index contributed by atoms with van der Waals surface area (Å²) in [6.45, 7) is 6.55. The molecule has 1 fully saturated rings. The second kappa shape index (κ2) is 8.31. The van der Waals surface area contributed by atoms with Gasteiger partial charge in [-0.3, -0.25) is 4.90 Å². The molecule has 146 valence electrons. The lowest BCUT2D eigenvalue weighted by molar-refractivity contribution is 0.215. The Labute approximate surface area is 164 Å². The zero-order valence-electron chi connectivity index (χ0n) is 15.9. The predicted molar refractivity (Wildman–Crippen MR) is 106 cm³/mol. The third-order valence-electron chi connectivity index (χ3n) is 4.85. The Bertz CT molecular complexity index is 919. The Morgan fingerprint density at radius 2 is 1.79 bits per heavy atom. The maximum atomic E-state index is 10.0. The number of ether oxygens (including phenoxy) is 1. The van der Waals surface area contributed by atoms with Crippen molar-refractivity contribution in [2.45, 2.75) is 13.5 Å². The van der Waals surface area contributed by atoms with Crippen LogP contribution in [0.25, 0.3) is 11.4 Å². The van der Waals surface area contributed by atoms with E-state index in [4.69, 9.17) is 9.26 Å². The smallest absolute Gasteiger partial charge is 0.241 e. The minimum atomic E-state index is 0.324. The summed E-state index contributed by atoms with van der Waals surface area (Å²) in [4.78, 5) is 9.03. The molecular formula is C21H24N4O3. The quantitative estimate of drug-likeness (QED) is 0.704. The number of phenols is 1. The summed E-state index contributed by atoms with van der Waals surface area (Å²) in [6, 6.07) is 15.2. The van der Waals surface area contributed by atoms with E-state index in [-0.39, 0.29) is 0 Å². The van der Waals surface area contributed by atoms with Crippen LogP contribution in [0, 0.1) is 0 Å². The number of piperazine rings is 1. The van der Waals surface area contributed by atoms with Crippen LogP contribution in [0.3, 0.4) is 0 Å². The van der Waals surface area contributed by atoms with Crippen LogP contribution in [0.1, 0.15) is 12.8 Å². The Morgan fingerprint density at radius 3 is 2.57 bits per heavy atom. The van der Waals surface area contributed by atoms with E-state index in [9.17, 15) is 5.11 Å². The van der Waals surface area contributed by atoms with Crippen LogP contribution in [-0.2, 0) is 6.54 Å². The fourth-order valence-corrected chi connectivity index (χ4v) is 3.43. The third kappa shape index (κ3) is 3.94. The molecule has 7 nitrogen and oxygen atoms in total. The number of hydrogen-bond acceptors (Lipinski definition) is 7. The number of nitrogens with zero attached hydrogens (tertiary/aromatic N) is 4. The van der Waals surface area contributed by atoms with Crippen molar-refractivity contribution in [1.82, 2.24) is 15.0 Å². The van der Waals surface area contributed by atoms with Crippen molar-refractivity contribution in [3.8, 4) is 22.9 Å². The van der Waals surface area contributed by atoms with E-state index in [1.807, 2.05) is 49.4 Å². The zero-order valence-corrected chi connectivity index (χ0v) is 15.9. The van der Waals surface area contributed by atoms with Crippen LogP contribution >= 0.6 is 0 Å². The van der Waals surface area contributed by atoms with E-state index in [0.29, 0.717) is 30.6 Å². The number of phenolic OH excluding ortho intramolecular Hbond substituents is 1. The van der Waals surface area contributed by atoms with Gasteiger partial charge in [0.2, 0.25) is 11.7 Å². The van der Waals surface area contributed by atoms with Crippen LogP contribution in [0.15, 0.2) is 53.1 Å². The molecule has 4 rings (SSSR count). The van der Waals surface area contributed by atoms with Gasteiger partial charge in [0.05, 0.1) is 24.4 Å². The minimum Gasteiger partial charge on any atom is -0.506 e. The van der Waals surface area contributed by atoms with Gasteiger partial charge < -0.3 is 19.3 Å². The van der Waals surface area contributed by atoms with Crippen molar-refractivity contribution in [2.75, 3.05) is 37.7 Å². The highest BCUT2D eigenvalue weighted by Crippen LogP contribution is 2.29. The van der Waals surface area contributed by atoms with Gasteiger partial charge >= 0.3 is 0 Å². The van der Waals surface area contributed by atoms with E-state index in [0.717, 1.165) is 43.2 Å². The summed E-state index contributed by atoms with van der Waals surface area (Å²) in [5.74, 6) is 2.23. The number of benzene rings is 2. The molecule has 2 heterocycles. The van der Waals surface area contributed by atoms with E-state index in [1.165, 1.54) is 0 Å². The molecule has 0 unspecified atom stereocenters. The van der Waals surface area contributed by atoms with Crippen molar-refractivity contribution in [3.63, 3.8) is 0 Å². The van der Waals surface area contributed by atoms with Gasteiger partial charge in [0.1, 0.15) is 11.5 Å². The molecule has 1 saturated heterocycles. The van der Waals surface area contributed by atoms with Crippen molar-refractivity contribution in [1.29, 1.82) is 0 Å². The van der Waals surface area contributed by atoms with E-state index in [2.05, 4.69) is 19.9 Å². The number of para-hydroxylation sites is 3. The summed E-state index contributed by atoms with van der Waals surface area (Å²) in [5.41, 5.74) is 1.72. The minimum absolute atomic E-state index is 0.324. The average Bonchev–Trinajstić information content (AvgIpc) is 3.18. The van der Waals surface area contributed by atoms with Crippen LogP contribution in [0.2, 0.25) is 0 Å². The lowest BCUT2D eigenvalue weighted by Crippen LogP contribution is -2.46. The lowest BCUT2D eigenvalue weighted by atomic mass is 10.2. The molecule has 1 N–H and O–H groups in total. The highest BCUT2D eigenvalue weighted by molar-refractivity contribution is 5.63. The monoisotopic (exact) mass is 380 g/mol. The molecule has 7 heteroatoms. The van der Waals surface area contributed by atoms with Crippen LogP contribution < -0.4 is 9.64 Å². The SMILES string of the molecule is CCOc1ccccc1-c1noc(CN2CCN(c3ccccc3O)CC2)n1. The fourth-order valence-electron chi connectivity index (χ4n) is 3.43. The molecule has 0 aliphatic carbocycles. The molecular weight excluding hydrogens is 356 g/mol. The molecule has 0 saturated carbocycles. The van der Waals surface area contributed by atoms with E-state index < -0.39 is 0 Å². The normalized spacial score (nSPS) is 15.0. The molecule has 0 radical (unpaired) electrons. The molecule has 28 heavy (non-hydrogen) atoms. The first-order valence-electron chi connectivity index (χ1n) is 9.54. The van der Waals surface area contributed by atoms with Crippen LogP contribution in [0.4, 0.5) is 5.69 Å². The Hall–Kier alpha value is -3.06. The number of rotatable bonds is 6. The zero-order chi connectivity index (χ0) is 19.3. The lowest BCUT2D eigenvalue weighted by Gasteiger charge is -2.35. The maximum Gasteiger partial charge on any atom is 0.241 e. The van der Waals surface area contributed by atoms with Crippen molar-refractivity contribution < 1.29 is 14.4 Å². The maximum absolute atomic E-state index is 10.0. The molecule has 1 aliphatic heterocycles. The average molecular weight is 380 g/mol. The third-order valence-corrected chi connectivity index (χ3v) is 4.85. The molecule has 0 atom stereocenters. The van der Waals surface area contributed by atoms with Gasteiger partial charge in [-0.05, 0) is 31.2 Å². The molecule has 0 spiro atoms. The van der Waals surface area contributed by atoms with Gasteiger partial charge in [0.25, 0.3) is 0 Å². The summed E-state index contributed by atoms with van der Waals surface area (Å²) >= 11 is 0. The Morgan fingerprint density at radius 1 is 1.04 bits per heavy atom. The molecule has 3 aromatic rings. The van der Waals surface area contributed by atoms with Crippen molar-refractivity contribution in [2.24, 2.45) is 0 Å². The largest absolute Gasteiger partial charge is 0.506 e. The second-order valence-electron chi connectivity index (χ2n) is 6.69. The summed E-state index contributed by atoms with van der Waals surface area (Å²) in [5, 5.41) is 14.2. The Kier molecular flexibility index (Phi) is 5.43. The van der Waals surface area contributed by atoms with Gasteiger partial charge in [-0.15, -0.1) is 0 Å². The predicted octanol–water partition coefficient (Wildman–Crippen LogP) is 3.16. The first-order chi connectivity index (χ1) is 13.7. The van der Waals surface area contributed by atoms with Gasteiger partial charge in [-0.2, -0.15) is 4.98 Å². The van der Waals surface area contributed by atoms with Crippen LogP contribution in [-0.4, -0.2) is 52.9 Å². The highest BCUT2D eigenvalue weighted by Gasteiger charge is 2.21. The van der Waals surface area contributed by atoms with Gasteiger partial charge in [-0.25, -0.2) is 0 Å². The standard InChI is InChI=1S/C21H24N4O3/c1-2-27-19-10-6-3-7-16(19)21-22-20(28-23-21)15-24-11-13-25(14-12-24)17-8-4-5-9-18(17)26/h3-10,26H,2,11-15H2,1H3. The molecule has 0 amide bonds.